The summed E-state index contributed by atoms with van der Waals surface area (Å²) in [5, 5.41) is 14.3. The molecule has 1 fully saturated rings. The molecule has 1 saturated carbocycles. The Bertz CT molecular complexity index is 442. The quantitative estimate of drug-likeness (QED) is 0.644. The number of nitrogens with zero attached hydrogens (tertiary/aromatic N) is 1. The Morgan fingerprint density at radius 2 is 2.22 bits per heavy atom. The third-order valence-corrected chi connectivity index (χ3v) is 3.26. The van der Waals surface area contributed by atoms with Crippen LogP contribution in [-0.2, 0) is 0 Å². The zero-order chi connectivity index (χ0) is 13.1. The number of hydrogen-bond donors (Lipinski definition) is 1. The number of rotatable bonds is 5. The number of aryl methyl sites for hydroxylation is 1. The summed E-state index contributed by atoms with van der Waals surface area (Å²) in [6, 6.07) is 5.68. The van der Waals surface area contributed by atoms with E-state index in [4.69, 9.17) is 4.74 Å². The highest BCUT2D eigenvalue weighted by molar-refractivity contribution is 5.52. The zero-order valence-corrected chi connectivity index (χ0v) is 10.7. The fourth-order valence-corrected chi connectivity index (χ4v) is 2.26. The molecule has 5 nitrogen and oxygen atoms in total. The Hall–Kier alpha value is -1.62. The lowest BCUT2D eigenvalue weighted by atomic mass is 9.89. The largest absolute Gasteiger partial charge is 0.483 e. The smallest absolute Gasteiger partial charge is 0.313 e. The third kappa shape index (κ3) is 2.61. The van der Waals surface area contributed by atoms with E-state index in [-0.39, 0.29) is 16.7 Å². The first-order chi connectivity index (χ1) is 8.61. The Labute approximate surface area is 106 Å². The van der Waals surface area contributed by atoms with Crippen molar-refractivity contribution < 1.29 is 9.66 Å². The zero-order valence-electron chi connectivity index (χ0n) is 10.7. The van der Waals surface area contributed by atoms with Crippen molar-refractivity contribution in [2.75, 3.05) is 6.54 Å². The van der Waals surface area contributed by atoms with E-state index in [1.54, 1.807) is 25.1 Å². The molecule has 0 amide bonds. The molecular formula is C13H18N2O3. The normalized spacial score (nSPS) is 22.3. The SMILES string of the molecule is CCNC1CC(Oc2cccc(C)c2[N+](=O)[O-])C1. The van der Waals surface area contributed by atoms with Gasteiger partial charge in [-0.3, -0.25) is 10.1 Å². The van der Waals surface area contributed by atoms with Crippen molar-refractivity contribution in [3.63, 3.8) is 0 Å². The van der Waals surface area contributed by atoms with Crippen molar-refractivity contribution in [3.8, 4) is 5.75 Å². The fourth-order valence-electron chi connectivity index (χ4n) is 2.26. The lowest BCUT2D eigenvalue weighted by molar-refractivity contribution is -0.386. The second-order valence-electron chi connectivity index (χ2n) is 4.64. The van der Waals surface area contributed by atoms with Crippen molar-refractivity contribution in [2.24, 2.45) is 0 Å². The number of para-hydroxylation sites is 1. The summed E-state index contributed by atoms with van der Waals surface area (Å²) in [6.07, 6.45) is 1.92. The topological polar surface area (TPSA) is 64.4 Å². The van der Waals surface area contributed by atoms with Gasteiger partial charge in [-0.2, -0.15) is 0 Å². The molecule has 0 radical (unpaired) electrons. The molecule has 0 heterocycles. The number of nitro groups is 1. The molecule has 0 saturated heterocycles. The summed E-state index contributed by atoms with van der Waals surface area (Å²) >= 11 is 0. The van der Waals surface area contributed by atoms with Crippen LogP contribution >= 0.6 is 0 Å². The predicted molar refractivity (Wildman–Crippen MR) is 68.9 cm³/mol. The highest BCUT2D eigenvalue weighted by atomic mass is 16.6. The summed E-state index contributed by atoms with van der Waals surface area (Å²) in [5.41, 5.74) is 0.726. The Morgan fingerprint density at radius 1 is 1.50 bits per heavy atom. The van der Waals surface area contributed by atoms with Crippen molar-refractivity contribution in [2.45, 2.75) is 38.8 Å². The molecule has 1 aliphatic carbocycles. The molecule has 98 valence electrons. The second-order valence-corrected chi connectivity index (χ2v) is 4.64. The molecule has 0 aromatic heterocycles. The average molecular weight is 250 g/mol. The molecule has 0 spiro atoms. The van der Waals surface area contributed by atoms with Gasteiger partial charge in [0.05, 0.1) is 4.92 Å². The molecule has 18 heavy (non-hydrogen) atoms. The van der Waals surface area contributed by atoms with Crippen LogP contribution in [0.2, 0.25) is 0 Å². The first kappa shape index (κ1) is 12.8. The number of nitrogens with one attached hydrogen (secondary N) is 1. The fraction of sp³-hybridized carbons (Fsp3) is 0.538. The van der Waals surface area contributed by atoms with Crippen LogP contribution in [0, 0.1) is 17.0 Å². The van der Waals surface area contributed by atoms with Gasteiger partial charge in [0.1, 0.15) is 6.10 Å². The number of ether oxygens (including phenoxy) is 1. The van der Waals surface area contributed by atoms with E-state index in [2.05, 4.69) is 12.2 Å². The van der Waals surface area contributed by atoms with Gasteiger partial charge in [-0.25, -0.2) is 0 Å². The van der Waals surface area contributed by atoms with Gasteiger partial charge < -0.3 is 10.1 Å². The Balaban J connectivity index is 2.02. The first-order valence-electron chi connectivity index (χ1n) is 6.25. The van der Waals surface area contributed by atoms with Gasteiger partial charge in [0.15, 0.2) is 5.75 Å². The molecule has 5 heteroatoms. The van der Waals surface area contributed by atoms with E-state index < -0.39 is 0 Å². The number of nitro benzene ring substituents is 1. The minimum Gasteiger partial charge on any atom is -0.483 e. The maximum atomic E-state index is 11.0. The van der Waals surface area contributed by atoms with E-state index >= 15 is 0 Å². The van der Waals surface area contributed by atoms with E-state index in [9.17, 15) is 10.1 Å². The second kappa shape index (κ2) is 5.35. The summed E-state index contributed by atoms with van der Waals surface area (Å²) < 4.78 is 5.72. The summed E-state index contributed by atoms with van der Waals surface area (Å²) in [7, 11) is 0. The van der Waals surface area contributed by atoms with Crippen molar-refractivity contribution in [3.05, 3.63) is 33.9 Å². The van der Waals surface area contributed by atoms with E-state index in [1.165, 1.54) is 0 Å². The molecule has 1 aliphatic rings. The number of hydrogen-bond acceptors (Lipinski definition) is 4. The highest BCUT2D eigenvalue weighted by Crippen LogP contribution is 2.34. The maximum absolute atomic E-state index is 11.0. The van der Waals surface area contributed by atoms with Gasteiger partial charge in [-0.1, -0.05) is 19.1 Å². The van der Waals surface area contributed by atoms with Crippen LogP contribution in [0.5, 0.6) is 5.75 Å². The van der Waals surface area contributed by atoms with E-state index in [0.29, 0.717) is 17.4 Å². The Morgan fingerprint density at radius 3 is 2.83 bits per heavy atom. The van der Waals surface area contributed by atoms with Crippen LogP contribution in [0.25, 0.3) is 0 Å². The summed E-state index contributed by atoms with van der Waals surface area (Å²) in [6.45, 7) is 4.74. The Kier molecular flexibility index (Phi) is 3.81. The lowest BCUT2D eigenvalue weighted by Crippen LogP contribution is -2.46. The molecule has 0 unspecified atom stereocenters. The van der Waals surface area contributed by atoms with Gasteiger partial charge in [-0.15, -0.1) is 0 Å². The van der Waals surface area contributed by atoms with Crippen molar-refractivity contribution in [1.82, 2.24) is 5.32 Å². The van der Waals surface area contributed by atoms with Gasteiger partial charge in [0.2, 0.25) is 0 Å². The van der Waals surface area contributed by atoms with Gasteiger partial charge in [0, 0.05) is 11.6 Å². The van der Waals surface area contributed by atoms with Crippen LogP contribution < -0.4 is 10.1 Å². The molecule has 1 aromatic rings. The molecule has 0 atom stereocenters. The molecular weight excluding hydrogens is 232 g/mol. The van der Waals surface area contributed by atoms with Crippen LogP contribution in [0.4, 0.5) is 5.69 Å². The first-order valence-corrected chi connectivity index (χ1v) is 6.25. The summed E-state index contributed by atoms with van der Waals surface area (Å²) in [5.74, 6) is 0.389. The monoisotopic (exact) mass is 250 g/mol. The van der Waals surface area contributed by atoms with E-state index in [0.717, 1.165) is 19.4 Å². The minimum atomic E-state index is -0.370. The summed E-state index contributed by atoms with van der Waals surface area (Å²) in [4.78, 5) is 10.6. The molecule has 0 aliphatic heterocycles. The molecule has 0 bridgehead atoms. The average Bonchev–Trinajstić information content (AvgIpc) is 2.25. The molecule has 2 rings (SSSR count). The van der Waals surface area contributed by atoms with Crippen LogP contribution in [0.3, 0.4) is 0 Å². The molecule has 1 aromatic carbocycles. The van der Waals surface area contributed by atoms with Crippen LogP contribution in [0.15, 0.2) is 18.2 Å². The lowest BCUT2D eigenvalue weighted by Gasteiger charge is -2.35. The standard InChI is InChI=1S/C13H18N2O3/c1-3-14-10-7-11(8-10)18-12-6-4-5-9(2)13(12)15(16)17/h4-6,10-11,14H,3,7-8H2,1-2H3. The maximum Gasteiger partial charge on any atom is 0.313 e. The van der Waals surface area contributed by atoms with Gasteiger partial charge in [0.25, 0.3) is 0 Å². The third-order valence-electron chi connectivity index (χ3n) is 3.26. The number of benzene rings is 1. The van der Waals surface area contributed by atoms with Gasteiger partial charge >= 0.3 is 5.69 Å². The highest BCUT2D eigenvalue weighted by Gasteiger charge is 2.32. The molecule has 1 N–H and O–H groups in total. The van der Waals surface area contributed by atoms with Crippen LogP contribution in [-0.4, -0.2) is 23.6 Å². The minimum absolute atomic E-state index is 0.0874. The predicted octanol–water partition coefficient (Wildman–Crippen LogP) is 2.42. The van der Waals surface area contributed by atoms with E-state index in [1.807, 2.05) is 0 Å². The van der Waals surface area contributed by atoms with Crippen molar-refractivity contribution >= 4 is 5.69 Å². The van der Waals surface area contributed by atoms with Crippen molar-refractivity contribution in [1.29, 1.82) is 0 Å². The van der Waals surface area contributed by atoms with Gasteiger partial charge in [-0.05, 0) is 32.4 Å². The van der Waals surface area contributed by atoms with Crippen LogP contribution in [0.1, 0.15) is 25.3 Å².